The third kappa shape index (κ3) is 2.72. The van der Waals surface area contributed by atoms with Crippen molar-refractivity contribution >= 4 is 11.8 Å². The standard InChI is InChI=1S/C9H18N4S/c1-5-14-8-12-11-7(6-13(8)10)9(2,3)4/h6,8H,5,10H2,1-4H3. The maximum Gasteiger partial charge on any atom is 0.202 e. The Hall–Kier alpha value is -0.550. The molecule has 4 nitrogen and oxygen atoms in total. The van der Waals surface area contributed by atoms with Crippen molar-refractivity contribution < 1.29 is 0 Å². The Bertz CT molecular complexity index is 254. The molecule has 0 aliphatic carbocycles. The van der Waals surface area contributed by atoms with E-state index >= 15 is 0 Å². The third-order valence-electron chi connectivity index (χ3n) is 1.87. The number of nitrogens with zero attached hydrogens (tertiary/aromatic N) is 3. The van der Waals surface area contributed by atoms with E-state index in [1.165, 1.54) is 0 Å². The first-order chi connectivity index (χ1) is 6.45. The molecule has 1 unspecified atom stereocenters. The minimum absolute atomic E-state index is 0.00295. The first kappa shape index (κ1) is 11.5. The van der Waals surface area contributed by atoms with Gasteiger partial charge in [-0.2, -0.15) is 10.2 Å². The van der Waals surface area contributed by atoms with Gasteiger partial charge in [0, 0.05) is 11.6 Å². The molecule has 0 fully saturated rings. The SMILES string of the molecule is CCSC1N=NC(C(C)(C)C)=CN1N. The van der Waals surface area contributed by atoms with Crippen molar-refractivity contribution in [2.24, 2.45) is 21.5 Å². The zero-order valence-electron chi connectivity index (χ0n) is 9.19. The Balaban J connectivity index is 2.72. The lowest BCUT2D eigenvalue weighted by Gasteiger charge is -2.28. The lowest BCUT2D eigenvalue weighted by molar-refractivity contribution is 0.329. The highest BCUT2D eigenvalue weighted by Crippen LogP contribution is 2.31. The number of rotatable bonds is 2. The summed E-state index contributed by atoms with van der Waals surface area (Å²) in [5, 5.41) is 9.99. The van der Waals surface area contributed by atoms with E-state index in [0.29, 0.717) is 0 Å². The Labute approximate surface area is 89.6 Å². The molecule has 2 N–H and O–H groups in total. The zero-order chi connectivity index (χ0) is 10.8. The van der Waals surface area contributed by atoms with Crippen LogP contribution in [0.5, 0.6) is 0 Å². The van der Waals surface area contributed by atoms with E-state index in [1.54, 1.807) is 16.8 Å². The molecule has 0 aromatic heterocycles. The normalized spacial score (nSPS) is 22.5. The van der Waals surface area contributed by atoms with Crippen molar-refractivity contribution in [3.63, 3.8) is 0 Å². The maximum absolute atomic E-state index is 5.83. The van der Waals surface area contributed by atoms with E-state index in [9.17, 15) is 0 Å². The van der Waals surface area contributed by atoms with Crippen LogP contribution in [0.1, 0.15) is 27.7 Å². The molecular weight excluding hydrogens is 196 g/mol. The molecule has 0 saturated carbocycles. The summed E-state index contributed by atoms with van der Waals surface area (Å²) < 4.78 is 0. The molecule has 1 rings (SSSR count). The predicted molar refractivity (Wildman–Crippen MR) is 60.3 cm³/mol. The molecule has 0 aromatic rings. The summed E-state index contributed by atoms with van der Waals surface area (Å²) >= 11 is 1.67. The molecule has 80 valence electrons. The van der Waals surface area contributed by atoms with Gasteiger partial charge in [0.05, 0.1) is 5.70 Å². The van der Waals surface area contributed by atoms with Gasteiger partial charge in [-0.25, -0.2) is 5.84 Å². The smallest absolute Gasteiger partial charge is 0.202 e. The number of hydrazine groups is 1. The number of hydrogen-bond acceptors (Lipinski definition) is 5. The van der Waals surface area contributed by atoms with Crippen molar-refractivity contribution in [2.45, 2.75) is 33.2 Å². The van der Waals surface area contributed by atoms with Gasteiger partial charge in [0.1, 0.15) is 0 Å². The van der Waals surface area contributed by atoms with Crippen LogP contribution < -0.4 is 5.84 Å². The fraction of sp³-hybridized carbons (Fsp3) is 0.778. The van der Waals surface area contributed by atoms with Crippen LogP contribution in [0.2, 0.25) is 0 Å². The number of azo groups is 1. The molecule has 0 saturated heterocycles. The van der Waals surface area contributed by atoms with E-state index in [1.807, 2.05) is 6.20 Å². The predicted octanol–water partition coefficient (Wildman–Crippen LogP) is 2.55. The summed E-state index contributed by atoms with van der Waals surface area (Å²) in [6.07, 6.45) is 1.88. The third-order valence-corrected chi connectivity index (χ3v) is 2.84. The number of allylic oxidation sites excluding steroid dienone is 1. The average molecular weight is 214 g/mol. The highest BCUT2D eigenvalue weighted by molar-refractivity contribution is 7.99. The molecule has 0 bridgehead atoms. The minimum atomic E-state index is -0.0638. The van der Waals surface area contributed by atoms with Gasteiger partial charge in [0.2, 0.25) is 5.50 Å². The highest BCUT2D eigenvalue weighted by atomic mass is 32.2. The Morgan fingerprint density at radius 2 is 2.21 bits per heavy atom. The van der Waals surface area contributed by atoms with Gasteiger partial charge in [0.25, 0.3) is 0 Å². The average Bonchev–Trinajstić information content (AvgIpc) is 2.07. The van der Waals surface area contributed by atoms with Crippen LogP contribution in [0.4, 0.5) is 0 Å². The van der Waals surface area contributed by atoms with Crippen LogP contribution in [0.25, 0.3) is 0 Å². The monoisotopic (exact) mass is 214 g/mol. The second-order valence-electron chi connectivity index (χ2n) is 4.21. The van der Waals surface area contributed by atoms with E-state index in [0.717, 1.165) is 11.4 Å². The molecule has 5 heteroatoms. The molecular formula is C9H18N4S. The quantitative estimate of drug-likeness (QED) is 0.719. The molecule has 14 heavy (non-hydrogen) atoms. The fourth-order valence-corrected chi connectivity index (χ4v) is 1.66. The summed E-state index contributed by atoms with van der Waals surface area (Å²) in [4.78, 5) is 0. The van der Waals surface area contributed by atoms with Crippen LogP contribution in [0.15, 0.2) is 22.1 Å². The van der Waals surface area contributed by atoms with E-state index < -0.39 is 0 Å². The van der Waals surface area contributed by atoms with Crippen molar-refractivity contribution in [1.82, 2.24) is 5.01 Å². The molecule has 1 atom stereocenters. The summed E-state index contributed by atoms with van der Waals surface area (Å²) in [7, 11) is 0. The van der Waals surface area contributed by atoms with Gasteiger partial charge < -0.3 is 0 Å². The zero-order valence-corrected chi connectivity index (χ0v) is 10.0. The molecule has 1 aliphatic rings. The van der Waals surface area contributed by atoms with Crippen LogP contribution >= 0.6 is 11.8 Å². The Morgan fingerprint density at radius 3 is 2.64 bits per heavy atom. The van der Waals surface area contributed by atoms with Gasteiger partial charge in [-0.05, 0) is 5.75 Å². The number of nitrogens with two attached hydrogens (primary N) is 1. The van der Waals surface area contributed by atoms with Crippen molar-refractivity contribution in [3.8, 4) is 0 Å². The summed E-state index contributed by atoms with van der Waals surface area (Å²) in [6, 6.07) is 0. The first-order valence-electron chi connectivity index (χ1n) is 4.73. The fourth-order valence-electron chi connectivity index (χ4n) is 1.01. The molecule has 0 spiro atoms. The van der Waals surface area contributed by atoms with Crippen LogP contribution in [0.3, 0.4) is 0 Å². The summed E-state index contributed by atoms with van der Waals surface area (Å²) in [6.45, 7) is 8.37. The van der Waals surface area contributed by atoms with Crippen molar-refractivity contribution in [3.05, 3.63) is 11.9 Å². The molecule has 1 heterocycles. The van der Waals surface area contributed by atoms with Crippen LogP contribution in [-0.4, -0.2) is 16.3 Å². The van der Waals surface area contributed by atoms with E-state index in [2.05, 4.69) is 37.9 Å². The molecule has 0 amide bonds. The second-order valence-corrected chi connectivity index (χ2v) is 5.54. The van der Waals surface area contributed by atoms with Gasteiger partial charge in [-0.1, -0.05) is 27.7 Å². The lowest BCUT2D eigenvalue weighted by atomic mass is 9.93. The highest BCUT2D eigenvalue weighted by Gasteiger charge is 2.24. The summed E-state index contributed by atoms with van der Waals surface area (Å²) in [5.74, 6) is 6.82. The minimum Gasteiger partial charge on any atom is -0.281 e. The molecule has 0 aromatic carbocycles. The maximum atomic E-state index is 5.83. The van der Waals surface area contributed by atoms with Crippen molar-refractivity contribution in [1.29, 1.82) is 0 Å². The summed E-state index contributed by atoms with van der Waals surface area (Å²) in [5.41, 5.74) is 0.863. The van der Waals surface area contributed by atoms with Gasteiger partial charge in [-0.3, -0.25) is 5.01 Å². The van der Waals surface area contributed by atoms with Crippen molar-refractivity contribution in [2.75, 3.05) is 5.75 Å². The Morgan fingerprint density at radius 1 is 1.57 bits per heavy atom. The first-order valence-corrected chi connectivity index (χ1v) is 5.78. The van der Waals surface area contributed by atoms with Gasteiger partial charge >= 0.3 is 0 Å². The Kier molecular flexibility index (Phi) is 3.55. The van der Waals surface area contributed by atoms with Crippen LogP contribution in [0, 0.1) is 5.41 Å². The topological polar surface area (TPSA) is 54.0 Å². The van der Waals surface area contributed by atoms with Gasteiger partial charge in [-0.15, -0.1) is 11.8 Å². The number of hydrogen-bond donors (Lipinski definition) is 1. The lowest BCUT2D eigenvalue weighted by Crippen LogP contribution is -2.36. The van der Waals surface area contributed by atoms with Crippen LogP contribution in [-0.2, 0) is 0 Å². The largest absolute Gasteiger partial charge is 0.281 e. The molecule has 1 aliphatic heterocycles. The second kappa shape index (κ2) is 4.31. The number of thioether (sulfide) groups is 1. The van der Waals surface area contributed by atoms with E-state index in [4.69, 9.17) is 5.84 Å². The van der Waals surface area contributed by atoms with E-state index in [-0.39, 0.29) is 10.9 Å². The van der Waals surface area contributed by atoms with Gasteiger partial charge in [0.15, 0.2) is 0 Å². The molecule has 0 radical (unpaired) electrons.